The first-order chi connectivity index (χ1) is 7.22. The lowest BCUT2D eigenvalue weighted by molar-refractivity contribution is -0.161. The second kappa shape index (κ2) is 6.50. The van der Waals surface area contributed by atoms with Crippen LogP contribution in [0.25, 0.3) is 0 Å². The van der Waals surface area contributed by atoms with Crippen molar-refractivity contribution in [2.75, 3.05) is 24.1 Å². The Bertz CT molecular complexity index is 246. The predicted octanol–water partition coefficient (Wildman–Crippen LogP) is 0.628. The zero-order valence-electron chi connectivity index (χ0n) is 8.57. The average Bonchev–Trinajstić information content (AvgIpc) is 2.70. The Morgan fingerprint density at radius 3 is 2.53 bits per heavy atom. The van der Waals surface area contributed by atoms with Crippen LogP contribution in [0, 0.1) is 0 Å². The van der Waals surface area contributed by atoms with E-state index in [-0.39, 0.29) is 23.7 Å². The Hall–Kier alpha value is -0.970. The van der Waals surface area contributed by atoms with E-state index in [1.54, 1.807) is 0 Å². The second-order valence-electron chi connectivity index (χ2n) is 3.17. The van der Waals surface area contributed by atoms with Crippen molar-refractivity contribution >= 4 is 22.8 Å². The Morgan fingerprint density at radius 2 is 1.93 bits per heavy atom. The molecule has 1 rings (SSSR count). The van der Waals surface area contributed by atoms with Gasteiger partial charge in [-0.2, -0.15) is 0 Å². The van der Waals surface area contributed by atoms with Crippen LogP contribution in [0.1, 0.15) is 12.8 Å². The molecule has 15 heavy (non-hydrogen) atoms. The van der Waals surface area contributed by atoms with Crippen molar-refractivity contribution in [1.29, 1.82) is 0 Å². The summed E-state index contributed by atoms with van der Waals surface area (Å²) in [7, 11) is 0.191. The fraction of sp³-hybridized carbons (Fsp3) is 0.600. The van der Waals surface area contributed by atoms with Crippen molar-refractivity contribution in [3.05, 3.63) is 12.7 Å². The summed E-state index contributed by atoms with van der Waals surface area (Å²) in [5, 5.41) is 0. The summed E-state index contributed by atoms with van der Waals surface area (Å²) in [6, 6.07) is 0. The van der Waals surface area contributed by atoms with Crippen molar-refractivity contribution in [3.63, 3.8) is 0 Å². The Balaban J connectivity index is 2.07. The van der Waals surface area contributed by atoms with Gasteiger partial charge in [0.15, 0.2) is 0 Å². The lowest BCUT2D eigenvalue weighted by Crippen LogP contribution is -2.21. The highest BCUT2D eigenvalue weighted by Gasteiger charge is 2.27. The van der Waals surface area contributed by atoms with Gasteiger partial charge < -0.3 is 9.47 Å². The van der Waals surface area contributed by atoms with E-state index in [9.17, 15) is 9.59 Å². The third-order valence-electron chi connectivity index (χ3n) is 2.03. The van der Waals surface area contributed by atoms with E-state index in [1.165, 1.54) is 12.8 Å². The topological polar surface area (TPSA) is 52.6 Å². The van der Waals surface area contributed by atoms with Gasteiger partial charge in [-0.15, -0.1) is 0 Å². The normalized spacial score (nSPS) is 16.0. The SMILES string of the molecule is C=CC(=O)OCOC(=O)C[S+]1CCCC1. The minimum Gasteiger partial charge on any atom is -0.425 e. The molecule has 4 nitrogen and oxygen atoms in total. The highest BCUT2D eigenvalue weighted by Crippen LogP contribution is 2.13. The molecule has 1 aliphatic heterocycles. The third kappa shape index (κ3) is 4.88. The van der Waals surface area contributed by atoms with Crippen LogP contribution >= 0.6 is 0 Å². The quantitative estimate of drug-likeness (QED) is 0.301. The van der Waals surface area contributed by atoms with Crippen molar-refractivity contribution in [2.45, 2.75) is 12.8 Å². The molecule has 1 heterocycles. The number of rotatable bonds is 5. The fourth-order valence-corrected chi connectivity index (χ4v) is 3.41. The molecule has 0 unspecified atom stereocenters. The molecule has 0 bridgehead atoms. The maximum absolute atomic E-state index is 11.2. The number of hydrogen-bond donors (Lipinski definition) is 0. The number of carbonyl (C=O) groups is 2. The first-order valence-electron chi connectivity index (χ1n) is 4.81. The molecule has 84 valence electrons. The van der Waals surface area contributed by atoms with Gasteiger partial charge in [-0.3, -0.25) is 0 Å². The fourth-order valence-electron chi connectivity index (χ4n) is 1.28. The minimum atomic E-state index is -0.578. The molecule has 0 aromatic carbocycles. The van der Waals surface area contributed by atoms with E-state index in [2.05, 4.69) is 11.3 Å². The molecule has 1 fully saturated rings. The summed E-state index contributed by atoms with van der Waals surface area (Å²) in [6.07, 6.45) is 3.45. The minimum absolute atomic E-state index is 0.191. The zero-order valence-corrected chi connectivity index (χ0v) is 9.38. The van der Waals surface area contributed by atoms with Gasteiger partial charge in [-0.1, -0.05) is 6.58 Å². The number of hydrogen-bond acceptors (Lipinski definition) is 4. The van der Waals surface area contributed by atoms with Crippen molar-refractivity contribution in [1.82, 2.24) is 0 Å². The lowest BCUT2D eigenvalue weighted by Gasteiger charge is -2.03. The van der Waals surface area contributed by atoms with Crippen molar-refractivity contribution in [2.24, 2.45) is 0 Å². The summed E-state index contributed by atoms with van der Waals surface area (Å²) in [6.45, 7) is 2.92. The van der Waals surface area contributed by atoms with Gasteiger partial charge in [0.1, 0.15) is 11.5 Å². The van der Waals surface area contributed by atoms with E-state index >= 15 is 0 Å². The van der Waals surface area contributed by atoms with E-state index < -0.39 is 5.97 Å². The first-order valence-corrected chi connectivity index (χ1v) is 6.54. The third-order valence-corrected chi connectivity index (χ3v) is 4.40. The van der Waals surface area contributed by atoms with Crippen LogP contribution < -0.4 is 0 Å². The molecule has 0 atom stereocenters. The monoisotopic (exact) mass is 231 g/mol. The second-order valence-corrected chi connectivity index (χ2v) is 5.50. The highest BCUT2D eigenvalue weighted by molar-refractivity contribution is 7.97. The summed E-state index contributed by atoms with van der Waals surface area (Å²) >= 11 is 0. The molecule has 1 aliphatic rings. The number of ether oxygens (including phenoxy) is 2. The van der Waals surface area contributed by atoms with Gasteiger partial charge in [0.2, 0.25) is 12.5 Å². The van der Waals surface area contributed by atoms with Crippen LogP contribution in [0.3, 0.4) is 0 Å². The number of esters is 2. The summed E-state index contributed by atoms with van der Waals surface area (Å²) in [4.78, 5) is 21.8. The van der Waals surface area contributed by atoms with Crippen LogP contribution in [0.15, 0.2) is 12.7 Å². The van der Waals surface area contributed by atoms with E-state index in [0.717, 1.165) is 17.6 Å². The van der Waals surface area contributed by atoms with Gasteiger partial charge in [-0.05, 0) is 23.7 Å². The standard InChI is InChI=1S/C10H15O4S/c1-2-9(11)13-8-14-10(12)7-15-5-3-4-6-15/h2H,1,3-8H2/q+1. The van der Waals surface area contributed by atoms with Crippen LogP contribution in [-0.2, 0) is 30.0 Å². The van der Waals surface area contributed by atoms with E-state index in [4.69, 9.17) is 4.74 Å². The highest BCUT2D eigenvalue weighted by atomic mass is 32.2. The van der Waals surface area contributed by atoms with Gasteiger partial charge >= 0.3 is 11.9 Å². The van der Waals surface area contributed by atoms with Crippen LogP contribution in [0.2, 0.25) is 0 Å². The lowest BCUT2D eigenvalue weighted by atomic mass is 10.4. The summed E-state index contributed by atoms with van der Waals surface area (Å²) < 4.78 is 9.28. The Labute approximate surface area is 92.0 Å². The molecule has 5 heteroatoms. The van der Waals surface area contributed by atoms with Crippen LogP contribution in [0.4, 0.5) is 0 Å². The summed E-state index contributed by atoms with van der Waals surface area (Å²) in [5.41, 5.74) is 0. The molecule has 0 spiro atoms. The molecule has 0 N–H and O–H groups in total. The molecule has 0 radical (unpaired) electrons. The number of carbonyl (C=O) groups excluding carboxylic acids is 2. The smallest absolute Gasteiger partial charge is 0.359 e. The zero-order chi connectivity index (χ0) is 11.1. The van der Waals surface area contributed by atoms with Crippen molar-refractivity contribution in [3.8, 4) is 0 Å². The van der Waals surface area contributed by atoms with Gasteiger partial charge in [0, 0.05) is 6.08 Å². The maximum Gasteiger partial charge on any atom is 0.359 e. The average molecular weight is 231 g/mol. The van der Waals surface area contributed by atoms with E-state index in [0.29, 0.717) is 5.75 Å². The maximum atomic E-state index is 11.2. The molecular weight excluding hydrogens is 216 g/mol. The van der Waals surface area contributed by atoms with Gasteiger partial charge in [0.25, 0.3) is 0 Å². The molecule has 0 saturated carbocycles. The van der Waals surface area contributed by atoms with E-state index in [1.807, 2.05) is 0 Å². The Kier molecular flexibility index (Phi) is 5.25. The molecular formula is C10H15O4S+. The van der Waals surface area contributed by atoms with Gasteiger partial charge in [-0.25, -0.2) is 9.59 Å². The first kappa shape index (κ1) is 12.1. The molecule has 0 aliphatic carbocycles. The molecule has 0 aromatic heterocycles. The van der Waals surface area contributed by atoms with Crippen LogP contribution in [-0.4, -0.2) is 36.0 Å². The molecule has 0 aromatic rings. The largest absolute Gasteiger partial charge is 0.425 e. The van der Waals surface area contributed by atoms with Gasteiger partial charge in [0.05, 0.1) is 0 Å². The molecule has 0 amide bonds. The predicted molar refractivity (Wildman–Crippen MR) is 58.4 cm³/mol. The van der Waals surface area contributed by atoms with Crippen LogP contribution in [0.5, 0.6) is 0 Å². The van der Waals surface area contributed by atoms with Crippen molar-refractivity contribution < 1.29 is 19.1 Å². The molecule has 1 saturated heterocycles. The Morgan fingerprint density at radius 1 is 1.27 bits per heavy atom. The summed E-state index contributed by atoms with van der Waals surface area (Å²) in [5.74, 6) is 1.86.